The van der Waals surface area contributed by atoms with Crippen molar-refractivity contribution in [1.82, 2.24) is 9.97 Å². The zero-order chi connectivity index (χ0) is 14.0. The fraction of sp³-hybridized carbons (Fsp3) is 0.733. The Kier molecular flexibility index (Phi) is 4.21. The Morgan fingerprint density at radius 2 is 1.95 bits per heavy atom. The van der Waals surface area contributed by atoms with E-state index in [-0.39, 0.29) is 5.60 Å². The summed E-state index contributed by atoms with van der Waals surface area (Å²) >= 11 is 0. The molecule has 1 aromatic heterocycles. The lowest BCUT2D eigenvalue weighted by Gasteiger charge is -2.38. The molecular weight excluding hydrogens is 238 g/mol. The lowest BCUT2D eigenvalue weighted by Crippen LogP contribution is -2.36. The van der Waals surface area contributed by atoms with Gasteiger partial charge < -0.3 is 10.5 Å². The maximum atomic E-state index is 5.86. The van der Waals surface area contributed by atoms with Gasteiger partial charge in [0.1, 0.15) is 5.60 Å². The van der Waals surface area contributed by atoms with Gasteiger partial charge in [-0.25, -0.2) is 9.97 Å². The summed E-state index contributed by atoms with van der Waals surface area (Å²) in [6.45, 7) is 6.79. The van der Waals surface area contributed by atoms with Gasteiger partial charge in [-0.05, 0) is 39.0 Å². The van der Waals surface area contributed by atoms with Crippen LogP contribution in [0.3, 0.4) is 0 Å². The fourth-order valence-corrected chi connectivity index (χ4v) is 3.22. The molecule has 1 aliphatic rings. The van der Waals surface area contributed by atoms with E-state index in [4.69, 9.17) is 10.5 Å². The van der Waals surface area contributed by atoms with E-state index >= 15 is 0 Å². The van der Waals surface area contributed by atoms with Crippen molar-refractivity contribution in [3.05, 3.63) is 22.8 Å². The summed E-state index contributed by atoms with van der Waals surface area (Å²) in [6.07, 6.45) is 4.46. The van der Waals surface area contributed by atoms with Crippen molar-refractivity contribution in [2.75, 3.05) is 7.11 Å². The Labute approximate surface area is 115 Å². The fourth-order valence-electron chi connectivity index (χ4n) is 3.22. The summed E-state index contributed by atoms with van der Waals surface area (Å²) in [5.41, 5.74) is 8.48. The number of hydrogen-bond acceptors (Lipinski definition) is 4. The maximum absolute atomic E-state index is 5.86. The summed E-state index contributed by atoms with van der Waals surface area (Å²) in [5.74, 6) is 1.50. The standard InChI is InChI=1S/C15H25N3O/c1-10-6-5-7-15(8-10,19-4)14-17-11(2)13(9-16)12(3)18-14/h10H,5-9,16H2,1-4H3. The van der Waals surface area contributed by atoms with Crippen molar-refractivity contribution >= 4 is 0 Å². The molecule has 2 N–H and O–H groups in total. The quantitative estimate of drug-likeness (QED) is 0.910. The van der Waals surface area contributed by atoms with Crippen LogP contribution in [-0.4, -0.2) is 17.1 Å². The van der Waals surface area contributed by atoms with Crippen LogP contribution in [0.5, 0.6) is 0 Å². The van der Waals surface area contributed by atoms with E-state index < -0.39 is 0 Å². The first-order chi connectivity index (χ1) is 9.02. The van der Waals surface area contributed by atoms with Gasteiger partial charge in [-0.2, -0.15) is 0 Å². The predicted octanol–water partition coefficient (Wildman–Crippen LogP) is 2.60. The highest BCUT2D eigenvalue weighted by atomic mass is 16.5. The average molecular weight is 263 g/mol. The van der Waals surface area contributed by atoms with Crippen molar-refractivity contribution in [3.8, 4) is 0 Å². The summed E-state index contributed by atoms with van der Waals surface area (Å²) < 4.78 is 5.86. The lowest BCUT2D eigenvalue weighted by atomic mass is 9.78. The first-order valence-electron chi connectivity index (χ1n) is 7.12. The predicted molar refractivity (Wildman–Crippen MR) is 75.7 cm³/mol. The van der Waals surface area contributed by atoms with E-state index in [1.54, 1.807) is 7.11 Å². The molecule has 0 amide bonds. The first kappa shape index (κ1) is 14.4. The number of aryl methyl sites for hydroxylation is 2. The van der Waals surface area contributed by atoms with Gasteiger partial charge in [-0.3, -0.25) is 0 Å². The molecule has 0 spiro atoms. The molecular formula is C15H25N3O. The van der Waals surface area contributed by atoms with Crippen LogP contribution in [0, 0.1) is 19.8 Å². The molecule has 0 aromatic carbocycles. The Balaban J connectivity index is 2.44. The van der Waals surface area contributed by atoms with E-state index in [9.17, 15) is 0 Å². The molecule has 0 radical (unpaired) electrons. The lowest BCUT2D eigenvalue weighted by molar-refractivity contribution is -0.0648. The van der Waals surface area contributed by atoms with Crippen molar-refractivity contribution in [2.24, 2.45) is 11.7 Å². The minimum Gasteiger partial charge on any atom is -0.370 e. The zero-order valence-electron chi connectivity index (χ0n) is 12.5. The van der Waals surface area contributed by atoms with Crippen molar-refractivity contribution in [3.63, 3.8) is 0 Å². The SMILES string of the molecule is COC1(c2nc(C)c(CN)c(C)n2)CCCC(C)C1. The second-order valence-electron chi connectivity index (χ2n) is 5.80. The van der Waals surface area contributed by atoms with Crippen LogP contribution in [0.15, 0.2) is 0 Å². The van der Waals surface area contributed by atoms with Crippen molar-refractivity contribution in [1.29, 1.82) is 0 Å². The Morgan fingerprint density at radius 1 is 1.32 bits per heavy atom. The third-order valence-corrected chi connectivity index (χ3v) is 4.38. The molecule has 0 bridgehead atoms. The largest absolute Gasteiger partial charge is 0.370 e. The van der Waals surface area contributed by atoms with E-state index in [0.29, 0.717) is 12.5 Å². The summed E-state index contributed by atoms with van der Waals surface area (Å²) in [5, 5.41) is 0. The minimum atomic E-state index is -0.305. The van der Waals surface area contributed by atoms with Crippen LogP contribution in [-0.2, 0) is 16.9 Å². The molecule has 4 heteroatoms. The smallest absolute Gasteiger partial charge is 0.160 e. The second-order valence-corrected chi connectivity index (χ2v) is 5.80. The molecule has 0 aliphatic heterocycles. The van der Waals surface area contributed by atoms with Crippen molar-refractivity contribution in [2.45, 2.75) is 58.6 Å². The molecule has 1 fully saturated rings. The molecule has 19 heavy (non-hydrogen) atoms. The molecule has 2 atom stereocenters. The molecule has 4 nitrogen and oxygen atoms in total. The first-order valence-corrected chi connectivity index (χ1v) is 7.12. The number of hydrogen-bond donors (Lipinski definition) is 1. The number of methoxy groups -OCH3 is 1. The zero-order valence-corrected chi connectivity index (χ0v) is 12.5. The molecule has 1 saturated carbocycles. The van der Waals surface area contributed by atoms with E-state index in [2.05, 4.69) is 16.9 Å². The number of nitrogens with zero attached hydrogens (tertiary/aromatic N) is 2. The number of ether oxygens (including phenoxy) is 1. The number of nitrogens with two attached hydrogens (primary N) is 1. The van der Waals surface area contributed by atoms with Crippen LogP contribution in [0.2, 0.25) is 0 Å². The summed E-state index contributed by atoms with van der Waals surface area (Å²) in [4.78, 5) is 9.38. The highest BCUT2D eigenvalue weighted by Gasteiger charge is 2.39. The minimum absolute atomic E-state index is 0.305. The van der Waals surface area contributed by atoms with Crippen LogP contribution >= 0.6 is 0 Å². The molecule has 1 aromatic rings. The van der Waals surface area contributed by atoms with Gasteiger partial charge in [0.25, 0.3) is 0 Å². The molecule has 2 rings (SSSR count). The Morgan fingerprint density at radius 3 is 2.42 bits per heavy atom. The summed E-state index contributed by atoms with van der Waals surface area (Å²) in [7, 11) is 1.78. The van der Waals surface area contributed by atoms with Gasteiger partial charge in [0.2, 0.25) is 0 Å². The van der Waals surface area contributed by atoms with E-state index in [1.165, 1.54) is 12.8 Å². The third kappa shape index (κ3) is 2.65. The summed E-state index contributed by atoms with van der Waals surface area (Å²) in [6, 6.07) is 0. The van der Waals surface area contributed by atoms with Gasteiger partial charge in [0.05, 0.1) is 0 Å². The van der Waals surface area contributed by atoms with Gasteiger partial charge in [0, 0.05) is 30.6 Å². The number of aromatic nitrogens is 2. The number of rotatable bonds is 3. The topological polar surface area (TPSA) is 61.0 Å². The van der Waals surface area contributed by atoms with E-state index in [1.807, 2.05) is 13.8 Å². The molecule has 2 unspecified atom stereocenters. The Bertz CT molecular complexity index is 438. The normalized spacial score (nSPS) is 27.5. The molecule has 106 valence electrons. The monoisotopic (exact) mass is 263 g/mol. The maximum Gasteiger partial charge on any atom is 0.160 e. The highest BCUT2D eigenvalue weighted by Crippen LogP contribution is 2.41. The molecule has 0 saturated heterocycles. The van der Waals surface area contributed by atoms with Crippen LogP contribution in [0.1, 0.15) is 55.4 Å². The van der Waals surface area contributed by atoms with E-state index in [0.717, 1.165) is 35.6 Å². The van der Waals surface area contributed by atoms with Gasteiger partial charge in [0.15, 0.2) is 5.82 Å². The van der Waals surface area contributed by atoms with Gasteiger partial charge >= 0.3 is 0 Å². The van der Waals surface area contributed by atoms with Gasteiger partial charge in [-0.1, -0.05) is 13.3 Å². The highest BCUT2D eigenvalue weighted by molar-refractivity contribution is 5.25. The third-order valence-electron chi connectivity index (χ3n) is 4.38. The average Bonchev–Trinajstić information content (AvgIpc) is 2.38. The van der Waals surface area contributed by atoms with Crippen molar-refractivity contribution < 1.29 is 4.74 Å². The second kappa shape index (κ2) is 5.55. The molecule has 1 aliphatic carbocycles. The Hall–Kier alpha value is -1.00. The van der Waals surface area contributed by atoms with Gasteiger partial charge in [-0.15, -0.1) is 0 Å². The molecule has 1 heterocycles. The van der Waals surface area contributed by atoms with Crippen LogP contribution in [0.25, 0.3) is 0 Å². The van der Waals surface area contributed by atoms with Crippen LogP contribution < -0.4 is 5.73 Å². The van der Waals surface area contributed by atoms with Crippen LogP contribution in [0.4, 0.5) is 0 Å².